The standard InChI is InChI=1S/C23H16Cl2N2O4/c1-13-16(5-3-6-17(13)23(29)30-2)20-10-9-15(31-20)11-14(12-26)22(28)27-19-8-4-7-18(24)21(19)25/h3-11H,1-2H3,(H,27,28)/b14-11-. The highest BCUT2D eigenvalue weighted by molar-refractivity contribution is 6.44. The lowest BCUT2D eigenvalue weighted by molar-refractivity contribution is -0.112. The fourth-order valence-electron chi connectivity index (χ4n) is 2.89. The summed E-state index contributed by atoms with van der Waals surface area (Å²) in [4.78, 5) is 24.4. The quantitative estimate of drug-likeness (QED) is 0.294. The third kappa shape index (κ3) is 4.80. The normalized spacial score (nSPS) is 11.0. The number of esters is 1. The Kier molecular flexibility index (Phi) is 6.81. The van der Waals surface area contributed by atoms with Crippen molar-refractivity contribution in [1.29, 1.82) is 5.26 Å². The van der Waals surface area contributed by atoms with Gasteiger partial charge in [-0.25, -0.2) is 4.79 Å². The van der Waals surface area contributed by atoms with Crippen molar-refractivity contribution in [3.8, 4) is 17.4 Å². The highest BCUT2D eigenvalue weighted by Crippen LogP contribution is 2.31. The van der Waals surface area contributed by atoms with E-state index in [4.69, 9.17) is 32.4 Å². The summed E-state index contributed by atoms with van der Waals surface area (Å²) in [5, 5.41) is 12.4. The van der Waals surface area contributed by atoms with E-state index in [1.54, 1.807) is 55.5 Å². The molecule has 0 atom stereocenters. The van der Waals surface area contributed by atoms with Crippen LogP contribution < -0.4 is 5.32 Å². The summed E-state index contributed by atoms with van der Waals surface area (Å²) < 4.78 is 10.6. The van der Waals surface area contributed by atoms with Crippen molar-refractivity contribution in [3.05, 3.63) is 81.0 Å². The molecule has 1 N–H and O–H groups in total. The van der Waals surface area contributed by atoms with E-state index < -0.39 is 11.9 Å². The van der Waals surface area contributed by atoms with E-state index in [9.17, 15) is 14.9 Å². The number of nitrogens with zero attached hydrogens (tertiary/aromatic N) is 1. The van der Waals surface area contributed by atoms with Gasteiger partial charge in [0.2, 0.25) is 0 Å². The van der Waals surface area contributed by atoms with Gasteiger partial charge in [-0.05, 0) is 42.8 Å². The van der Waals surface area contributed by atoms with Crippen LogP contribution in [0.15, 0.2) is 58.5 Å². The summed E-state index contributed by atoms with van der Waals surface area (Å²) in [6, 6.07) is 15.1. The minimum absolute atomic E-state index is 0.177. The van der Waals surface area contributed by atoms with Crippen LogP contribution in [0.4, 0.5) is 5.69 Å². The molecule has 1 aromatic heterocycles. The lowest BCUT2D eigenvalue weighted by Crippen LogP contribution is -2.13. The van der Waals surface area contributed by atoms with Crippen LogP contribution in [0.5, 0.6) is 0 Å². The van der Waals surface area contributed by atoms with Gasteiger partial charge in [-0.3, -0.25) is 4.79 Å². The number of anilines is 1. The lowest BCUT2D eigenvalue weighted by atomic mass is 10.0. The fourth-order valence-corrected chi connectivity index (χ4v) is 3.24. The van der Waals surface area contributed by atoms with Gasteiger partial charge in [0.25, 0.3) is 5.91 Å². The van der Waals surface area contributed by atoms with Crippen molar-refractivity contribution in [3.63, 3.8) is 0 Å². The summed E-state index contributed by atoms with van der Waals surface area (Å²) in [5.41, 5.74) is 1.90. The number of hydrogen-bond acceptors (Lipinski definition) is 5. The van der Waals surface area contributed by atoms with Crippen molar-refractivity contribution in [2.45, 2.75) is 6.92 Å². The van der Waals surface area contributed by atoms with Crippen molar-refractivity contribution < 1.29 is 18.7 Å². The Balaban J connectivity index is 1.88. The van der Waals surface area contributed by atoms with Crippen LogP contribution in [-0.4, -0.2) is 19.0 Å². The number of carbonyl (C=O) groups excluding carboxylic acids is 2. The number of benzene rings is 2. The van der Waals surface area contributed by atoms with E-state index in [0.717, 1.165) is 0 Å². The lowest BCUT2D eigenvalue weighted by Gasteiger charge is -2.08. The maximum atomic E-state index is 12.5. The molecule has 1 amide bonds. The average molecular weight is 455 g/mol. The number of halogens is 2. The number of amides is 1. The molecule has 0 saturated heterocycles. The van der Waals surface area contributed by atoms with Crippen molar-refractivity contribution in [2.75, 3.05) is 12.4 Å². The molecule has 0 bridgehead atoms. The number of furan rings is 1. The molecule has 31 heavy (non-hydrogen) atoms. The summed E-state index contributed by atoms with van der Waals surface area (Å²) in [6.45, 7) is 1.78. The third-order valence-electron chi connectivity index (χ3n) is 4.48. The summed E-state index contributed by atoms with van der Waals surface area (Å²) in [5.74, 6) is -0.338. The van der Waals surface area contributed by atoms with Gasteiger partial charge in [-0.1, -0.05) is 41.4 Å². The van der Waals surface area contributed by atoms with Gasteiger partial charge < -0.3 is 14.5 Å². The van der Waals surface area contributed by atoms with Crippen LogP contribution in [-0.2, 0) is 9.53 Å². The Labute approximate surface area is 188 Å². The second-order valence-corrected chi connectivity index (χ2v) is 7.18. The van der Waals surface area contributed by atoms with Gasteiger partial charge in [0, 0.05) is 11.6 Å². The van der Waals surface area contributed by atoms with E-state index in [0.29, 0.717) is 28.2 Å². The van der Waals surface area contributed by atoms with Gasteiger partial charge in [0.1, 0.15) is 23.2 Å². The van der Waals surface area contributed by atoms with E-state index in [1.807, 2.05) is 6.07 Å². The highest BCUT2D eigenvalue weighted by Gasteiger charge is 2.16. The van der Waals surface area contributed by atoms with Gasteiger partial charge in [0.05, 0.1) is 28.4 Å². The number of nitriles is 1. The Morgan fingerprint density at radius 1 is 1.13 bits per heavy atom. The van der Waals surface area contributed by atoms with Crippen molar-refractivity contribution in [1.82, 2.24) is 0 Å². The first-order valence-electron chi connectivity index (χ1n) is 9.01. The molecule has 0 aliphatic carbocycles. The molecule has 0 unspecified atom stereocenters. The van der Waals surface area contributed by atoms with Crippen LogP contribution in [0, 0.1) is 18.3 Å². The molecule has 156 valence electrons. The number of ether oxygens (including phenoxy) is 1. The predicted molar refractivity (Wildman–Crippen MR) is 119 cm³/mol. The molecule has 2 aromatic carbocycles. The summed E-state index contributed by atoms with van der Waals surface area (Å²) in [7, 11) is 1.31. The van der Waals surface area contributed by atoms with Crippen molar-refractivity contribution >= 4 is 46.8 Å². The summed E-state index contributed by atoms with van der Waals surface area (Å²) in [6.07, 6.45) is 1.32. The molecule has 0 spiro atoms. The molecule has 6 nitrogen and oxygen atoms in total. The summed E-state index contributed by atoms with van der Waals surface area (Å²) >= 11 is 12.0. The van der Waals surface area contributed by atoms with Crippen LogP contribution in [0.3, 0.4) is 0 Å². The number of hydrogen-bond donors (Lipinski definition) is 1. The molecule has 8 heteroatoms. The average Bonchev–Trinajstić information content (AvgIpc) is 3.23. The van der Waals surface area contributed by atoms with E-state index in [-0.39, 0.29) is 21.3 Å². The third-order valence-corrected chi connectivity index (χ3v) is 5.30. The zero-order valence-corrected chi connectivity index (χ0v) is 18.0. The van der Waals surface area contributed by atoms with Crippen LogP contribution in [0.25, 0.3) is 17.4 Å². The zero-order valence-electron chi connectivity index (χ0n) is 16.5. The van der Waals surface area contributed by atoms with Crippen LogP contribution in [0.1, 0.15) is 21.7 Å². The maximum Gasteiger partial charge on any atom is 0.338 e. The van der Waals surface area contributed by atoms with E-state index in [2.05, 4.69) is 5.32 Å². The maximum absolute atomic E-state index is 12.5. The molecule has 3 rings (SSSR count). The Morgan fingerprint density at radius 2 is 1.87 bits per heavy atom. The molecule has 3 aromatic rings. The number of rotatable bonds is 5. The molecule has 1 heterocycles. The van der Waals surface area contributed by atoms with E-state index >= 15 is 0 Å². The molecular weight excluding hydrogens is 439 g/mol. The van der Waals surface area contributed by atoms with Crippen LogP contribution in [0.2, 0.25) is 10.0 Å². The SMILES string of the molecule is COC(=O)c1cccc(-c2ccc(/C=C(/C#N)C(=O)Nc3cccc(Cl)c3Cl)o2)c1C. The highest BCUT2D eigenvalue weighted by atomic mass is 35.5. The van der Waals surface area contributed by atoms with Gasteiger partial charge in [-0.15, -0.1) is 0 Å². The minimum atomic E-state index is -0.659. The van der Waals surface area contributed by atoms with Crippen LogP contribution >= 0.6 is 23.2 Å². The molecule has 0 radical (unpaired) electrons. The molecule has 0 fully saturated rings. The molecule has 0 saturated carbocycles. The van der Waals surface area contributed by atoms with Gasteiger partial charge >= 0.3 is 5.97 Å². The number of nitrogens with one attached hydrogen (secondary N) is 1. The monoisotopic (exact) mass is 454 g/mol. The smallest absolute Gasteiger partial charge is 0.338 e. The number of methoxy groups -OCH3 is 1. The largest absolute Gasteiger partial charge is 0.465 e. The van der Waals surface area contributed by atoms with Gasteiger partial charge in [-0.2, -0.15) is 5.26 Å². The fraction of sp³-hybridized carbons (Fsp3) is 0.0870. The van der Waals surface area contributed by atoms with Crippen molar-refractivity contribution in [2.24, 2.45) is 0 Å². The second-order valence-electron chi connectivity index (χ2n) is 6.40. The topological polar surface area (TPSA) is 92.3 Å². The molecule has 0 aliphatic rings. The second kappa shape index (κ2) is 9.52. The van der Waals surface area contributed by atoms with E-state index in [1.165, 1.54) is 13.2 Å². The Hall–Kier alpha value is -3.53. The predicted octanol–water partition coefficient (Wildman–Crippen LogP) is 5.89. The van der Waals surface area contributed by atoms with Gasteiger partial charge in [0.15, 0.2) is 0 Å². The number of carbonyl (C=O) groups is 2. The first kappa shape index (κ1) is 22.2. The zero-order chi connectivity index (χ0) is 22.5. The first-order valence-corrected chi connectivity index (χ1v) is 9.76. The minimum Gasteiger partial charge on any atom is -0.465 e. The molecular formula is C23H16Cl2N2O4. The Bertz CT molecular complexity index is 1240. The first-order chi connectivity index (χ1) is 14.8. The Morgan fingerprint density at radius 3 is 2.58 bits per heavy atom. The molecule has 0 aliphatic heterocycles.